The van der Waals surface area contributed by atoms with Gasteiger partial charge in [-0.15, -0.1) is 0 Å². The third kappa shape index (κ3) is 3.66. The number of nitrogens with two attached hydrogens (primary N) is 1. The molecule has 0 aliphatic carbocycles. The Balaban J connectivity index is 2.23. The number of aliphatic hydroxyl groups is 1. The van der Waals surface area contributed by atoms with E-state index in [-0.39, 0.29) is 12.3 Å². The van der Waals surface area contributed by atoms with E-state index in [0.29, 0.717) is 5.69 Å². The van der Waals surface area contributed by atoms with Crippen molar-refractivity contribution in [1.82, 2.24) is 0 Å². The van der Waals surface area contributed by atoms with Crippen LogP contribution in [0.1, 0.15) is 17.2 Å². The van der Waals surface area contributed by atoms with Gasteiger partial charge in [0.2, 0.25) is 0 Å². The lowest BCUT2D eigenvalue weighted by atomic mass is 10.1. The molecule has 0 saturated heterocycles. The van der Waals surface area contributed by atoms with Crippen LogP contribution >= 0.6 is 0 Å². The molecule has 6 heteroatoms. The van der Waals surface area contributed by atoms with Crippen molar-refractivity contribution >= 4 is 11.4 Å². The molecule has 1 unspecified atom stereocenters. The molecule has 0 heterocycles. The van der Waals surface area contributed by atoms with Crippen molar-refractivity contribution in [2.75, 3.05) is 17.7 Å². The maximum absolute atomic E-state index is 12.6. The molecule has 2 aromatic carbocycles. The second-order valence-corrected chi connectivity index (χ2v) is 4.59. The number of nitrogen functional groups attached to an aromatic ring is 1. The van der Waals surface area contributed by atoms with Gasteiger partial charge in [0.05, 0.1) is 29.6 Å². The topological polar surface area (TPSA) is 58.3 Å². The molecule has 0 amide bonds. The number of nitrogens with one attached hydrogen (secondary N) is 1. The fourth-order valence-electron chi connectivity index (χ4n) is 1.98. The molecule has 0 spiro atoms. The number of anilines is 2. The molecule has 0 radical (unpaired) electrons. The van der Waals surface area contributed by atoms with Gasteiger partial charge in [0, 0.05) is 0 Å². The van der Waals surface area contributed by atoms with Crippen molar-refractivity contribution in [2.45, 2.75) is 12.2 Å². The molecule has 0 bridgehead atoms. The molecule has 112 valence electrons. The Morgan fingerprint density at radius 2 is 1.76 bits per heavy atom. The number of hydrogen-bond acceptors (Lipinski definition) is 3. The predicted molar refractivity (Wildman–Crippen MR) is 75.7 cm³/mol. The van der Waals surface area contributed by atoms with Crippen LogP contribution in [0, 0.1) is 0 Å². The summed E-state index contributed by atoms with van der Waals surface area (Å²) in [5.74, 6) is 0. The van der Waals surface area contributed by atoms with Crippen LogP contribution in [-0.2, 0) is 6.18 Å². The Morgan fingerprint density at radius 3 is 2.29 bits per heavy atom. The maximum Gasteiger partial charge on any atom is 0.416 e. The average molecular weight is 296 g/mol. The number of aliphatic hydroxyl groups excluding tert-OH is 1. The van der Waals surface area contributed by atoms with Crippen molar-refractivity contribution in [3.63, 3.8) is 0 Å². The van der Waals surface area contributed by atoms with Crippen LogP contribution in [0.4, 0.5) is 24.5 Å². The average Bonchev–Trinajstić information content (AvgIpc) is 2.46. The van der Waals surface area contributed by atoms with Gasteiger partial charge in [-0.25, -0.2) is 0 Å². The van der Waals surface area contributed by atoms with E-state index in [1.807, 2.05) is 30.3 Å². The summed E-state index contributed by atoms with van der Waals surface area (Å²) in [5.41, 5.74) is 6.01. The minimum Gasteiger partial charge on any atom is -0.397 e. The van der Waals surface area contributed by atoms with Gasteiger partial charge in [-0.3, -0.25) is 0 Å². The molecule has 1 atom stereocenters. The van der Waals surface area contributed by atoms with E-state index in [1.54, 1.807) is 0 Å². The molecule has 0 fully saturated rings. The lowest BCUT2D eigenvalue weighted by Gasteiger charge is -2.20. The van der Waals surface area contributed by atoms with Gasteiger partial charge >= 0.3 is 6.18 Å². The van der Waals surface area contributed by atoms with Crippen LogP contribution in [0.25, 0.3) is 0 Å². The van der Waals surface area contributed by atoms with E-state index >= 15 is 0 Å². The fourth-order valence-corrected chi connectivity index (χ4v) is 1.98. The highest BCUT2D eigenvalue weighted by atomic mass is 19.4. The molecule has 0 saturated carbocycles. The van der Waals surface area contributed by atoms with Gasteiger partial charge in [-0.1, -0.05) is 30.3 Å². The van der Waals surface area contributed by atoms with E-state index in [2.05, 4.69) is 5.32 Å². The zero-order valence-electron chi connectivity index (χ0n) is 11.1. The number of alkyl halides is 3. The molecule has 4 N–H and O–H groups in total. The Bertz CT molecular complexity index is 600. The van der Waals surface area contributed by atoms with Crippen LogP contribution in [0.5, 0.6) is 0 Å². The Hall–Kier alpha value is -2.21. The summed E-state index contributed by atoms with van der Waals surface area (Å²) < 4.78 is 37.7. The molecular weight excluding hydrogens is 281 g/mol. The normalized spacial score (nSPS) is 13.0. The Kier molecular flexibility index (Phi) is 4.37. The van der Waals surface area contributed by atoms with E-state index in [9.17, 15) is 18.3 Å². The number of rotatable bonds is 4. The van der Waals surface area contributed by atoms with Crippen LogP contribution in [0.2, 0.25) is 0 Å². The second-order valence-electron chi connectivity index (χ2n) is 4.59. The smallest absolute Gasteiger partial charge is 0.397 e. The Labute approximate surface area is 120 Å². The monoisotopic (exact) mass is 296 g/mol. The molecule has 21 heavy (non-hydrogen) atoms. The number of benzene rings is 2. The summed E-state index contributed by atoms with van der Waals surface area (Å²) in [6.07, 6.45) is -4.43. The second kappa shape index (κ2) is 6.05. The lowest BCUT2D eigenvalue weighted by Crippen LogP contribution is -2.16. The van der Waals surface area contributed by atoms with Gasteiger partial charge in [-0.2, -0.15) is 13.2 Å². The summed E-state index contributed by atoms with van der Waals surface area (Å²) in [6, 6.07) is 11.8. The van der Waals surface area contributed by atoms with Crippen LogP contribution in [0.15, 0.2) is 48.5 Å². The molecule has 2 aromatic rings. The summed E-state index contributed by atoms with van der Waals surface area (Å²) >= 11 is 0. The van der Waals surface area contributed by atoms with Gasteiger partial charge in [0.25, 0.3) is 0 Å². The largest absolute Gasteiger partial charge is 0.416 e. The highest BCUT2D eigenvalue weighted by molar-refractivity contribution is 5.68. The SMILES string of the molecule is Nc1cc(C(F)(F)F)ccc1NC(CO)c1ccccc1. The first-order valence-electron chi connectivity index (χ1n) is 6.31. The minimum absolute atomic E-state index is 0.0146. The molecule has 0 aromatic heterocycles. The third-order valence-corrected chi connectivity index (χ3v) is 3.09. The molecule has 0 aliphatic rings. The van der Waals surface area contributed by atoms with Gasteiger partial charge in [0.1, 0.15) is 0 Å². The maximum atomic E-state index is 12.6. The van der Waals surface area contributed by atoms with Crippen molar-refractivity contribution in [3.8, 4) is 0 Å². The molecular formula is C15H15F3N2O. The first-order valence-corrected chi connectivity index (χ1v) is 6.31. The van der Waals surface area contributed by atoms with Crippen molar-refractivity contribution in [2.24, 2.45) is 0 Å². The number of halogens is 3. The van der Waals surface area contributed by atoms with Gasteiger partial charge < -0.3 is 16.2 Å². The van der Waals surface area contributed by atoms with Crippen LogP contribution in [0.3, 0.4) is 0 Å². The molecule has 3 nitrogen and oxygen atoms in total. The zero-order valence-corrected chi connectivity index (χ0v) is 11.1. The summed E-state index contributed by atoms with van der Waals surface area (Å²) in [4.78, 5) is 0. The van der Waals surface area contributed by atoms with Crippen molar-refractivity contribution in [1.29, 1.82) is 0 Å². The zero-order chi connectivity index (χ0) is 15.5. The summed E-state index contributed by atoms with van der Waals surface area (Å²) in [5, 5.41) is 12.4. The summed E-state index contributed by atoms with van der Waals surface area (Å²) in [6.45, 7) is -0.204. The van der Waals surface area contributed by atoms with E-state index in [1.165, 1.54) is 6.07 Å². The van der Waals surface area contributed by atoms with E-state index in [4.69, 9.17) is 5.73 Å². The van der Waals surface area contributed by atoms with Crippen LogP contribution in [-0.4, -0.2) is 11.7 Å². The lowest BCUT2D eigenvalue weighted by molar-refractivity contribution is -0.137. The fraction of sp³-hybridized carbons (Fsp3) is 0.200. The first kappa shape index (κ1) is 15.2. The van der Waals surface area contributed by atoms with Crippen molar-refractivity contribution < 1.29 is 18.3 Å². The van der Waals surface area contributed by atoms with Gasteiger partial charge in [0.15, 0.2) is 0 Å². The standard InChI is InChI=1S/C15H15F3N2O/c16-15(17,18)11-6-7-13(12(19)8-11)20-14(9-21)10-4-2-1-3-5-10/h1-8,14,20-21H,9,19H2. The quantitative estimate of drug-likeness (QED) is 0.758. The third-order valence-electron chi connectivity index (χ3n) is 3.09. The first-order chi connectivity index (χ1) is 9.91. The highest BCUT2D eigenvalue weighted by Crippen LogP contribution is 2.33. The van der Waals surface area contributed by atoms with Crippen LogP contribution < -0.4 is 11.1 Å². The molecule has 2 rings (SSSR count). The highest BCUT2D eigenvalue weighted by Gasteiger charge is 2.30. The van der Waals surface area contributed by atoms with Crippen molar-refractivity contribution in [3.05, 3.63) is 59.7 Å². The van der Waals surface area contributed by atoms with Gasteiger partial charge in [-0.05, 0) is 23.8 Å². The minimum atomic E-state index is -4.43. The predicted octanol–water partition coefficient (Wildman–Crippen LogP) is 3.43. The summed E-state index contributed by atoms with van der Waals surface area (Å²) in [7, 11) is 0. The Morgan fingerprint density at radius 1 is 1.10 bits per heavy atom. The van der Waals surface area contributed by atoms with E-state index < -0.39 is 17.8 Å². The van der Waals surface area contributed by atoms with E-state index in [0.717, 1.165) is 17.7 Å². The molecule has 0 aliphatic heterocycles. The number of hydrogen-bond donors (Lipinski definition) is 3.